The van der Waals surface area contributed by atoms with Gasteiger partial charge in [-0.05, 0) is 37.5 Å². The number of esters is 1. The van der Waals surface area contributed by atoms with Gasteiger partial charge in [0.25, 0.3) is 5.84 Å². The van der Waals surface area contributed by atoms with Crippen molar-refractivity contribution < 1.29 is 18.4 Å². The van der Waals surface area contributed by atoms with Gasteiger partial charge >= 0.3 is 5.97 Å². The molecule has 7 nitrogen and oxygen atoms in total. The van der Waals surface area contributed by atoms with Crippen LogP contribution in [-0.4, -0.2) is 46.5 Å². The highest BCUT2D eigenvalue weighted by Crippen LogP contribution is 2.44. The lowest BCUT2D eigenvalue weighted by Crippen LogP contribution is -2.59. The van der Waals surface area contributed by atoms with E-state index in [0.29, 0.717) is 41.0 Å². The lowest BCUT2D eigenvalue weighted by molar-refractivity contribution is -0.723. The third-order valence-corrected chi connectivity index (χ3v) is 7.47. The van der Waals surface area contributed by atoms with Crippen molar-refractivity contribution in [3.63, 3.8) is 0 Å². The number of quaternary nitrogens is 1. The number of fused-ring (bicyclic) bond motifs is 2. The van der Waals surface area contributed by atoms with Crippen molar-refractivity contribution in [1.82, 2.24) is 4.98 Å². The number of amidine groups is 1. The van der Waals surface area contributed by atoms with Gasteiger partial charge in [-0.1, -0.05) is 41.2 Å². The summed E-state index contributed by atoms with van der Waals surface area (Å²) in [6.07, 6.45) is 13.9. The van der Waals surface area contributed by atoms with Crippen LogP contribution in [0.15, 0.2) is 67.7 Å². The molecule has 0 spiro atoms. The average Bonchev–Trinajstić information content (AvgIpc) is 3.23. The van der Waals surface area contributed by atoms with Gasteiger partial charge in [0.2, 0.25) is 12.0 Å². The van der Waals surface area contributed by atoms with Crippen LogP contribution in [0.25, 0.3) is 0 Å². The summed E-state index contributed by atoms with van der Waals surface area (Å²) in [7, 11) is 0. The number of carbonyl (C=O) groups excluding carboxylic acids is 1. The highest BCUT2D eigenvalue weighted by atomic mass is 35.5. The molecule has 1 fully saturated rings. The molecule has 1 atom stereocenters. The minimum Gasteiger partial charge on any atom is -0.458 e. The van der Waals surface area contributed by atoms with Gasteiger partial charge in [0, 0.05) is 36.4 Å². The minimum absolute atomic E-state index is 0.0172. The van der Waals surface area contributed by atoms with Crippen LogP contribution in [-0.2, 0) is 9.53 Å². The second-order valence-corrected chi connectivity index (χ2v) is 9.68. The first-order valence-electron chi connectivity index (χ1n) is 12.2. The number of nitrogens with zero attached hydrogens (tertiary/aromatic N) is 5. The van der Waals surface area contributed by atoms with Gasteiger partial charge in [-0.25, -0.2) is 14.2 Å². The standard InChI is InChI=1S/C26H28ClFN5O2/c1-2-3-13-35-26(34)25-20-11-8-18(27)14-22(20)30-15-23-32-31-16-33(23,25)19-9-6-17(7-10-19)24-21(28)5-4-12-29-24/h4-5,8,12,14-17,19H,2-3,6-7,9-11,13H2,1H3/q+1. The Kier molecular flexibility index (Phi) is 6.75. The van der Waals surface area contributed by atoms with Gasteiger partial charge in [-0.2, -0.15) is 4.48 Å². The molecule has 9 heteroatoms. The van der Waals surface area contributed by atoms with E-state index in [1.807, 2.05) is 6.08 Å². The van der Waals surface area contributed by atoms with Gasteiger partial charge in [0.05, 0.1) is 23.6 Å². The predicted octanol–water partition coefficient (Wildman–Crippen LogP) is 5.51. The third kappa shape index (κ3) is 4.29. The van der Waals surface area contributed by atoms with E-state index >= 15 is 0 Å². The topological polar surface area (TPSA) is 76.3 Å². The van der Waals surface area contributed by atoms with Crippen LogP contribution in [0, 0.1) is 5.82 Å². The van der Waals surface area contributed by atoms with Crippen molar-refractivity contribution in [3.8, 4) is 0 Å². The van der Waals surface area contributed by atoms with Crippen molar-refractivity contribution in [3.05, 3.63) is 64.0 Å². The lowest BCUT2D eigenvalue weighted by atomic mass is 9.81. The maximum absolute atomic E-state index is 14.4. The zero-order valence-corrected chi connectivity index (χ0v) is 20.4. The molecule has 0 bridgehead atoms. The fourth-order valence-electron chi connectivity index (χ4n) is 5.43. The number of hydrogen-bond donors (Lipinski definition) is 0. The monoisotopic (exact) mass is 496 g/mol. The summed E-state index contributed by atoms with van der Waals surface area (Å²) in [5.74, 6) is -0.0300. The molecule has 0 radical (unpaired) electrons. The van der Waals surface area contributed by atoms with E-state index in [1.54, 1.807) is 30.9 Å². The fourth-order valence-corrected chi connectivity index (χ4v) is 5.61. The first kappa shape index (κ1) is 23.8. The molecule has 1 saturated carbocycles. The molecule has 1 unspecified atom stereocenters. The molecule has 0 saturated heterocycles. The summed E-state index contributed by atoms with van der Waals surface area (Å²) in [6, 6.07) is 3.06. The summed E-state index contributed by atoms with van der Waals surface area (Å²) in [5, 5.41) is 9.22. The Balaban J connectivity index is 1.53. The molecule has 2 aliphatic heterocycles. The molecule has 0 aromatic carbocycles. The van der Waals surface area contributed by atoms with Crippen LogP contribution < -0.4 is 0 Å². The predicted molar refractivity (Wildman–Crippen MR) is 133 cm³/mol. The van der Waals surface area contributed by atoms with E-state index in [2.05, 4.69) is 27.1 Å². The van der Waals surface area contributed by atoms with Crippen molar-refractivity contribution >= 4 is 36.0 Å². The van der Waals surface area contributed by atoms with E-state index in [4.69, 9.17) is 16.3 Å². The highest BCUT2D eigenvalue weighted by molar-refractivity contribution is 6.32. The summed E-state index contributed by atoms with van der Waals surface area (Å²) < 4.78 is 20.2. The average molecular weight is 497 g/mol. The number of unbranched alkanes of at least 4 members (excludes halogenated alkanes) is 1. The largest absolute Gasteiger partial charge is 0.458 e. The molecule has 1 aromatic rings. The minimum atomic E-state index is -0.379. The number of carbonyl (C=O) groups is 1. The zero-order valence-electron chi connectivity index (χ0n) is 19.7. The number of rotatable bonds is 6. The van der Waals surface area contributed by atoms with Crippen LogP contribution in [0.2, 0.25) is 0 Å². The Morgan fingerprint density at radius 3 is 2.89 bits per heavy atom. The van der Waals surface area contributed by atoms with E-state index in [1.165, 1.54) is 6.07 Å². The summed E-state index contributed by atoms with van der Waals surface area (Å²) in [6.45, 7) is 2.40. The van der Waals surface area contributed by atoms with E-state index in [0.717, 1.165) is 44.1 Å². The van der Waals surface area contributed by atoms with Crippen LogP contribution in [0.5, 0.6) is 0 Å². The van der Waals surface area contributed by atoms with Crippen molar-refractivity contribution in [2.75, 3.05) is 6.61 Å². The first-order valence-corrected chi connectivity index (χ1v) is 12.6. The Hall–Kier alpha value is -2.97. The molecular formula is C26H28ClFN5O2+. The maximum Gasteiger partial charge on any atom is 0.394 e. The Morgan fingerprint density at radius 2 is 2.11 bits per heavy atom. The van der Waals surface area contributed by atoms with E-state index < -0.39 is 0 Å². The van der Waals surface area contributed by atoms with Crippen LogP contribution in [0.1, 0.15) is 63.5 Å². The second-order valence-electron chi connectivity index (χ2n) is 9.24. The number of allylic oxidation sites excluding steroid dienone is 4. The molecular weight excluding hydrogens is 469 g/mol. The van der Waals surface area contributed by atoms with E-state index in [9.17, 15) is 9.18 Å². The van der Waals surface area contributed by atoms with Crippen molar-refractivity contribution in [1.29, 1.82) is 0 Å². The molecule has 4 aliphatic rings. The van der Waals surface area contributed by atoms with Gasteiger partial charge in [-0.15, -0.1) is 0 Å². The van der Waals surface area contributed by atoms with Crippen LogP contribution >= 0.6 is 11.6 Å². The second kappa shape index (κ2) is 9.95. The van der Waals surface area contributed by atoms with Gasteiger partial charge in [0.15, 0.2) is 0 Å². The van der Waals surface area contributed by atoms with Gasteiger partial charge in [-0.3, -0.25) is 4.98 Å². The Bertz CT molecular complexity index is 1210. The molecule has 35 heavy (non-hydrogen) atoms. The molecule has 1 aromatic heterocycles. The first-order chi connectivity index (χ1) is 17.0. The summed E-state index contributed by atoms with van der Waals surface area (Å²) in [5.41, 5.74) is 2.44. The highest BCUT2D eigenvalue weighted by Gasteiger charge is 2.54. The quantitative estimate of drug-likeness (QED) is 0.296. The number of halogens is 2. The zero-order chi connectivity index (χ0) is 24.4. The molecule has 0 N–H and O–H groups in total. The number of aromatic nitrogens is 1. The third-order valence-electron chi connectivity index (χ3n) is 7.20. The van der Waals surface area contributed by atoms with Crippen LogP contribution in [0.4, 0.5) is 4.39 Å². The number of pyridine rings is 1. The summed E-state index contributed by atoms with van der Waals surface area (Å²) >= 11 is 6.28. The fraction of sp³-hybridized carbons (Fsp3) is 0.423. The Morgan fingerprint density at radius 1 is 1.29 bits per heavy atom. The molecule has 3 heterocycles. The number of ether oxygens (including phenoxy) is 1. The number of hydrogen-bond acceptors (Lipinski definition) is 6. The maximum atomic E-state index is 14.4. The van der Waals surface area contributed by atoms with Crippen LogP contribution in [0.3, 0.4) is 0 Å². The normalized spacial score (nSPS) is 27.5. The molecule has 2 aliphatic carbocycles. The smallest absolute Gasteiger partial charge is 0.394 e. The van der Waals surface area contributed by atoms with E-state index in [-0.39, 0.29) is 28.2 Å². The SMILES string of the molecule is CCCCOC(=O)C1=C2CC=C(Cl)C=C2N=CC2=NN=C[N+]21C1CCC(c2ncccc2F)CC1. The number of aliphatic imine (C=N–C) groups is 1. The van der Waals surface area contributed by atoms with Gasteiger partial charge in [0.1, 0.15) is 18.1 Å². The summed E-state index contributed by atoms with van der Waals surface area (Å²) in [4.78, 5) is 22.6. The Labute approximate surface area is 209 Å². The van der Waals surface area contributed by atoms with Gasteiger partial charge < -0.3 is 4.74 Å². The van der Waals surface area contributed by atoms with Crippen molar-refractivity contribution in [2.24, 2.45) is 15.2 Å². The van der Waals surface area contributed by atoms with Crippen molar-refractivity contribution in [2.45, 2.75) is 63.8 Å². The molecule has 0 amide bonds. The molecule has 182 valence electrons. The molecule has 5 rings (SSSR count). The lowest BCUT2D eigenvalue weighted by Gasteiger charge is -2.41.